The number of nitrogens with one attached hydrogen (secondary N) is 1. The van der Waals surface area contributed by atoms with Crippen molar-refractivity contribution >= 4 is 24.2 Å². The summed E-state index contributed by atoms with van der Waals surface area (Å²) in [6.45, 7) is 5.06. The zero-order valence-electron chi connectivity index (χ0n) is 14.3. The first-order chi connectivity index (χ1) is 11.1. The van der Waals surface area contributed by atoms with E-state index in [-0.39, 0.29) is 30.8 Å². The van der Waals surface area contributed by atoms with E-state index in [9.17, 15) is 9.59 Å². The van der Waals surface area contributed by atoms with E-state index >= 15 is 0 Å². The summed E-state index contributed by atoms with van der Waals surface area (Å²) in [5, 5.41) is 2.97. The van der Waals surface area contributed by atoms with Gasteiger partial charge >= 0.3 is 0 Å². The number of aryl methyl sites for hydroxylation is 1. The molecule has 0 spiro atoms. The van der Waals surface area contributed by atoms with Crippen molar-refractivity contribution in [3.05, 3.63) is 29.8 Å². The lowest BCUT2D eigenvalue weighted by Crippen LogP contribution is -2.51. The van der Waals surface area contributed by atoms with E-state index in [2.05, 4.69) is 5.32 Å². The number of halogens is 1. The van der Waals surface area contributed by atoms with Crippen LogP contribution in [0.25, 0.3) is 0 Å². The van der Waals surface area contributed by atoms with Gasteiger partial charge in [-0.05, 0) is 26.1 Å². The number of hydrogen-bond acceptors (Lipinski definition) is 4. The van der Waals surface area contributed by atoms with Gasteiger partial charge in [-0.25, -0.2) is 0 Å². The second kappa shape index (κ2) is 10.2. The van der Waals surface area contributed by atoms with E-state index in [0.717, 1.165) is 5.56 Å². The number of rotatable bonds is 6. The Morgan fingerprint density at radius 1 is 1.04 bits per heavy atom. The molecule has 0 bridgehead atoms. The van der Waals surface area contributed by atoms with Crippen LogP contribution in [-0.4, -0.2) is 68.0 Å². The van der Waals surface area contributed by atoms with Gasteiger partial charge in [0.1, 0.15) is 5.75 Å². The minimum absolute atomic E-state index is 0. The van der Waals surface area contributed by atoms with Crippen molar-refractivity contribution < 1.29 is 14.3 Å². The maximum absolute atomic E-state index is 12.2. The molecule has 134 valence electrons. The van der Waals surface area contributed by atoms with Gasteiger partial charge in [0.25, 0.3) is 5.91 Å². The number of carbonyl (C=O) groups excluding carboxylic acids is 2. The van der Waals surface area contributed by atoms with E-state index in [4.69, 9.17) is 4.74 Å². The average Bonchev–Trinajstić information content (AvgIpc) is 2.59. The first kappa shape index (κ1) is 20.3. The van der Waals surface area contributed by atoms with Crippen molar-refractivity contribution in [2.75, 3.05) is 46.4 Å². The SMILES string of the molecule is CNCCC(=O)N1CCN(C(=O)COc2ccc(C)cc2)CC1.Cl. The number of carbonyl (C=O) groups is 2. The number of hydrogen-bond donors (Lipinski definition) is 1. The molecule has 0 unspecified atom stereocenters. The van der Waals surface area contributed by atoms with Crippen molar-refractivity contribution in [1.29, 1.82) is 0 Å². The maximum Gasteiger partial charge on any atom is 0.260 e. The Morgan fingerprint density at radius 2 is 1.58 bits per heavy atom. The number of ether oxygens (including phenoxy) is 1. The van der Waals surface area contributed by atoms with Crippen LogP contribution in [-0.2, 0) is 9.59 Å². The minimum Gasteiger partial charge on any atom is -0.484 e. The standard InChI is InChI=1S/C17H25N3O3.ClH/c1-14-3-5-15(6-4-14)23-13-17(22)20-11-9-19(10-12-20)16(21)7-8-18-2;/h3-6,18H,7-13H2,1-2H3;1H. The molecule has 1 N–H and O–H groups in total. The molecular weight excluding hydrogens is 330 g/mol. The molecule has 24 heavy (non-hydrogen) atoms. The summed E-state index contributed by atoms with van der Waals surface area (Å²) >= 11 is 0. The molecule has 1 fully saturated rings. The molecule has 0 radical (unpaired) electrons. The largest absolute Gasteiger partial charge is 0.484 e. The lowest BCUT2D eigenvalue weighted by molar-refractivity contribution is -0.140. The summed E-state index contributed by atoms with van der Waals surface area (Å²) in [6.07, 6.45) is 0.501. The maximum atomic E-state index is 12.2. The van der Waals surface area contributed by atoms with E-state index in [1.807, 2.05) is 43.1 Å². The molecule has 1 aliphatic heterocycles. The summed E-state index contributed by atoms with van der Waals surface area (Å²) in [5.41, 5.74) is 1.16. The summed E-state index contributed by atoms with van der Waals surface area (Å²) in [4.78, 5) is 27.7. The van der Waals surface area contributed by atoms with Crippen LogP contribution in [0.3, 0.4) is 0 Å². The molecule has 0 atom stereocenters. The van der Waals surface area contributed by atoms with Crippen molar-refractivity contribution in [3.8, 4) is 5.75 Å². The van der Waals surface area contributed by atoms with Crippen molar-refractivity contribution in [3.63, 3.8) is 0 Å². The van der Waals surface area contributed by atoms with Crippen molar-refractivity contribution in [2.45, 2.75) is 13.3 Å². The molecule has 0 aromatic heterocycles. The van der Waals surface area contributed by atoms with Crippen LogP contribution < -0.4 is 10.1 Å². The highest BCUT2D eigenvalue weighted by Crippen LogP contribution is 2.12. The fourth-order valence-electron chi connectivity index (χ4n) is 2.47. The van der Waals surface area contributed by atoms with Crippen LogP contribution in [0, 0.1) is 6.92 Å². The molecule has 2 amide bonds. The predicted octanol–water partition coefficient (Wildman–Crippen LogP) is 1.08. The van der Waals surface area contributed by atoms with Gasteiger partial charge in [-0.1, -0.05) is 17.7 Å². The van der Waals surface area contributed by atoms with Crippen LogP contribution >= 0.6 is 12.4 Å². The third-order valence-electron chi connectivity index (χ3n) is 3.96. The summed E-state index contributed by atoms with van der Waals surface area (Å²) in [6, 6.07) is 7.63. The van der Waals surface area contributed by atoms with Gasteiger partial charge < -0.3 is 19.9 Å². The molecule has 1 aliphatic rings. The molecule has 7 heteroatoms. The number of piperazine rings is 1. The highest BCUT2D eigenvalue weighted by atomic mass is 35.5. The first-order valence-corrected chi connectivity index (χ1v) is 8.00. The Bertz CT molecular complexity index is 528. The Labute approximate surface area is 149 Å². The van der Waals surface area contributed by atoms with E-state index in [1.54, 1.807) is 4.90 Å². The molecule has 0 saturated carbocycles. The Balaban J connectivity index is 0.00000288. The van der Waals surface area contributed by atoms with Gasteiger partial charge in [-0.15, -0.1) is 12.4 Å². The van der Waals surface area contributed by atoms with E-state index < -0.39 is 0 Å². The predicted molar refractivity (Wildman–Crippen MR) is 95.6 cm³/mol. The van der Waals surface area contributed by atoms with Gasteiger partial charge in [0.05, 0.1) is 0 Å². The van der Waals surface area contributed by atoms with Crippen LogP contribution in [0.5, 0.6) is 5.75 Å². The molecular formula is C17H26ClN3O3. The third-order valence-corrected chi connectivity index (χ3v) is 3.96. The second-order valence-electron chi connectivity index (χ2n) is 5.72. The number of benzene rings is 1. The van der Waals surface area contributed by atoms with Gasteiger partial charge in [-0.3, -0.25) is 9.59 Å². The Morgan fingerprint density at radius 3 is 2.12 bits per heavy atom. The highest BCUT2D eigenvalue weighted by Gasteiger charge is 2.23. The Hall–Kier alpha value is -1.79. The smallest absolute Gasteiger partial charge is 0.260 e. The average molecular weight is 356 g/mol. The van der Waals surface area contributed by atoms with E-state index in [0.29, 0.717) is 44.9 Å². The van der Waals surface area contributed by atoms with Crippen LogP contribution in [0.15, 0.2) is 24.3 Å². The highest BCUT2D eigenvalue weighted by molar-refractivity contribution is 5.85. The van der Waals surface area contributed by atoms with Gasteiger partial charge in [-0.2, -0.15) is 0 Å². The first-order valence-electron chi connectivity index (χ1n) is 8.00. The molecule has 6 nitrogen and oxygen atoms in total. The van der Waals surface area contributed by atoms with Crippen LogP contribution in [0.2, 0.25) is 0 Å². The quantitative estimate of drug-likeness (QED) is 0.829. The van der Waals surface area contributed by atoms with Gasteiger partial charge in [0.15, 0.2) is 6.61 Å². The minimum atomic E-state index is -0.0344. The Kier molecular flexibility index (Phi) is 8.57. The summed E-state index contributed by atoms with van der Waals surface area (Å²) in [7, 11) is 1.83. The third kappa shape index (κ3) is 6.02. The van der Waals surface area contributed by atoms with E-state index in [1.165, 1.54) is 0 Å². The van der Waals surface area contributed by atoms with Gasteiger partial charge in [0.2, 0.25) is 5.91 Å². The molecule has 1 heterocycles. The summed E-state index contributed by atoms with van der Waals surface area (Å²) < 4.78 is 5.52. The topological polar surface area (TPSA) is 61.9 Å². The van der Waals surface area contributed by atoms with Crippen LogP contribution in [0.4, 0.5) is 0 Å². The molecule has 1 aromatic rings. The van der Waals surface area contributed by atoms with Crippen molar-refractivity contribution in [2.24, 2.45) is 0 Å². The number of nitrogens with zero attached hydrogens (tertiary/aromatic N) is 2. The fraction of sp³-hybridized carbons (Fsp3) is 0.529. The molecule has 1 aromatic carbocycles. The number of amides is 2. The lowest BCUT2D eigenvalue weighted by atomic mass is 10.2. The zero-order valence-corrected chi connectivity index (χ0v) is 15.1. The monoisotopic (exact) mass is 355 g/mol. The lowest BCUT2D eigenvalue weighted by Gasteiger charge is -2.34. The normalized spacial score (nSPS) is 14.1. The van der Waals surface area contributed by atoms with Crippen molar-refractivity contribution in [1.82, 2.24) is 15.1 Å². The molecule has 0 aliphatic carbocycles. The van der Waals surface area contributed by atoms with Gasteiger partial charge in [0, 0.05) is 39.1 Å². The summed E-state index contributed by atoms with van der Waals surface area (Å²) in [5.74, 6) is 0.806. The molecule has 2 rings (SSSR count). The second-order valence-corrected chi connectivity index (χ2v) is 5.72. The van der Waals surface area contributed by atoms with Crippen LogP contribution in [0.1, 0.15) is 12.0 Å². The fourth-order valence-corrected chi connectivity index (χ4v) is 2.47. The molecule has 1 saturated heterocycles. The zero-order chi connectivity index (χ0) is 16.7.